The SMILES string of the molecule is CC(c1ccccc1)C(C)(O)C(C)(C)O. The van der Waals surface area contributed by atoms with Crippen LogP contribution in [0, 0.1) is 0 Å². The molecule has 0 radical (unpaired) electrons. The Hall–Kier alpha value is -0.860. The van der Waals surface area contributed by atoms with Gasteiger partial charge in [-0.2, -0.15) is 0 Å². The maximum absolute atomic E-state index is 10.3. The quantitative estimate of drug-likeness (QED) is 0.800. The van der Waals surface area contributed by atoms with Crippen molar-refractivity contribution in [3.05, 3.63) is 35.9 Å². The van der Waals surface area contributed by atoms with Crippen LogP contribution in [0.3, 0.4) is 0 Å². The first kappa shape index (κ1) is 12.2. The van der Waals surface area contributed by atoms with Crippen LogP contribution in [0.1, 0.15) is 39.2 Å². The van der Waals surface area contributed by atoms with Gasteiger partial charge in [-0.3, -0.25) is 0 Å². The number of rotatable bonds is 3. The minimum absolute atomic E-state index is 0.112. The summed E-state index contributed by atoms with van der Waals surface area (Å²) in [6, 6.07) is 9.74. The van der Waals surface area contributed by atoms with Gasteiger partial charge in [0.2, 0.25) is 0 Å². The summed E-state index contributed by atoms with van der Waals surface area (Å²) < 4.78 is 0. The minimum Gasteiger partial charge on any atom is -0.387 e. The molecule has 2 unspecified atom stereocenters. The van der Waals surface area contributed by atoms with E-state index in [-0.39, 0.29) is 5.92 Å². The fourth-order valence-corrected chi connectivity index (χ4v) is 1.60. The molecule has 0 spiro atoms. The summed E-state index contributed by atoms with van der Waals surface area (Å²) in [7, 11) is 0. The van der Waals surface area contributed by atoms with Gasteiger partial charge in [0.15, 0.2) is 0 Å². The van der Waals surface area contributed by atoms with Crippen LogP contribution in [-0.4, -0.2) is 21.4 Å². The van der Waals surface area contributed by atoms with E-state index in [2.05, 4.69) is 0 Å². The summed E-state index contributed by atoms with van der Waals surface area (Å²) in [6.07, 6.45) is 0. The first-order valence-electron chi connectivity index (χ1n) is 5.26. The van der Waals surface area contributed by atoms with Gasteiger partial charge < -0.3 is 10.2 Å². The Morgan fingerprint density at radius 2 is 1.47 bits per heavy atom. The van der Waals surface area contributed by atoms with Crippen molar-refractivity contribution in [1.82, 2.24) is 0 Å². The Kier molecular flexibility index (Phi) is 3.22. The summed E-state index contributed by atoms with van der Waals surface area (Å²) in [5.41, 5.74) is -1.24. The van der Waals surface area contributed by atoms with Gasteiger partial charge in [0.05, 0.1) is 11.2 Å². The van der Waals surface area contributed by atoms with E-state index in [0.29, 0.717) is 0 Å². The molecule has 0 aliphatic rings. The van der Waals surface area contributed by atoms with Crippen molar-refractivity contribution < 1.29 is 10.2 Å². The van der Waals surface area contributed by atoms with Crippen LogP contribution in [0.25, 0.3) is 0 Å². The highest BCUT2D eigenvalue weighted by Crippen LogP contribution is 2.35. The van der Waals surface area contributed by atoms with Gasteiger partial charge in [-0.15, -0.1) is 0 Å². The number of hydrogen-bond acceptors (Lipinski definition) is 2. The Labute approximate surface area is 91.6 Å². The number of benzene rings is 1. The molecule has 84 valence electrons. The van der Waals surface area contributed by atoms with Crippen LogP contribution >= 0.6 is 0 Å². The second-order valence-corrected chi connectivity index (χ2v) is 4.84. The average Bonchev–Trinajstić information content (AvgIpc) is 2.16. The van der Waals surface area contributed by atoms with E-state index >= 15 is 0 Å². The van der Waals surface area contributed by atoms with E-state index in [1.165, 1.54) is 0 Å². The summed E-state index contributed by atoms with van der Waals surface area (Å²) in [4.78, 5) is 0. The molecule has 0 aromatic heterocycles. The monoisotopic (exact) mass is 208 g/mol. The second-order valence-electron chi connectivity index (χ2n) is 4.84. The molecule has 1 aromatic rings. The second kappa shape index (κ2) is 3.95. The molecule has 0 saturated carbocycles. The third-order valence-corrected chi connectivity index (χ3v) is 3.38. The van der Waals surface area contributed by atoms with Crippen molar-refractivity contribution in [2.75, 3.05) is 0 Å². The highest BCUT2D eigenvalue weighted by molar-refractivity contribution is 5.23. The predicted octanol–water partition coefficient (Wildman–Crippen LogP) is 2.31. The van der Waals surface area contributed by atoms with Crippen molar-refractivity contribution in [3.63, 3.8) is 0 Å². The topological polar surface area (TPSA) is 40.5 Å². The highest BCUT2D eigenvalue weighted by atomic mass is 16.4. The smallest absolute Gasteiger partial charge is 0.0965 e. The molecule has 0 aliphatic heterocycles. The maximum atomic E-state index is 10.3. The van der Waals surface area contributed by atoms with Crippen LogP contribution in [0.15, 0.2) is 30.3 Å². The molecule has 15 heavy (non-hydrogen) atoms. The lowest BCUT2D eigenvalue weighted by atomic mass is 9.75. The lowest BCUT2D eigenvalue weighted by Crippen LogP contribution is -2.51. The van der Waals surface area contributed by atoms with E-state index in [0.717, 1.165) is 5.56 Å². The van der Waals surface area contributed by atoms with Gasteiger partial charge >= 0.3 is 0 Å². The van der Waals surface area contributed by atoms with Crippen molar-refractivity contribution in [2.45, 2.75) is 44.8 Å². The van der Waals surface area contributed by atoms with Gasteiger partial charge in [0.1, 0.15) is 0 Å². The molecule has 0 heterocycles. The van der Waals surface area contributed by atoms with Crippen molar-refractivity contribution in [3.8, 4) is 0 Å². The number of aliphatic hydroxyl groups is 2. The summed E-state index contributed by atoms with van der Waals surface area (Å²) >= 11 is 0. The van der Waals surface area contributed by atoms with Crippen molar-refractivity contribution in [1.29, 1.82) is 0 Å². The first-order valence-corrected chi connectivity index (χ1v) is 5.26. The van der Waals surface area contributed by atoms with E-state index in [4.69, 9.17) is 0 Å². The van der Waals surface area contributed by atoms with E-state index < -0.39 is 11.2 Å². The molecule has 0 saturated heterocycles. The van der Waals surface area contributed by atoms with Crippen LogP contribution in [-0.2, 0) is 0 Å². The molecule has 1 rings (SSSR count). The summed E-state index contributed by atoms with van der Waals surface area (Å²) in [5.74, 6) is -0.112. The lowest BCUT2D eigenvalue weighted by Gasteiger charge is -2.40. The van der Waals surface area contributed by atoms with Gasteiger partial charge in [0.25, 0.3) is 0 Å². The Morgan fingerprint density at radius 3 is 1.87 bits per heavy atom. The van der Waals surface area contributed by atoms with Gasteiger partial charge in [0, 0.05) is 5.92 Å². The molecule has 0 amide bonds. The van der Waals surface area contributed by atoms with Crippen molar-refractivity contribution >= 4 is 0 Å². The van der Waals surface area contributed by atoms with E-state index in [1.807, 2.05) is 37.3 Å². The largest absolute Gasteiger partial charge is 0.387 e. The zero-order valence-corrected chi connectivity index (χ0v) is 9.86. The average molecular weight is 208 g/mol. The normalized spacial score (nSPS) is 18.3. The molecule has 0 fully saturated rings. The molecule has 2 atom stereocenters. The Morgan fingerprint density at radius 1 is 1.00 bits per heavy atom. The number of hydrogen-bond donors (Lipinski definition) is 2. The molecule has 0 bridgehead atoms. The first-order chi connectivity index (χ1) is 6.77. The predicted molar refractivity (Wildman–Crippen MR) is 61.8 cm³/mol. The van der Waals surface area contributed by atoms with Gasteiger partial charge in [-0.05, 0) is 26.3 Å². The Balaban J connectivity index is 3.00. The Bertz CT molecular complexity index is 309. The molecule has 2 nitrogen and oxygen atoms in total. The zero-order valence-electron chi connectivity index (χ0n) is 9.86. The van der Waals surface area contributed by atoms with Crippen molar-refractivity contribution in [2.24, 2.45) is 0 Å². The van der Waals surface area contributed by atoms with Crippen LogP contribution < -0.4 is 0 Å². The zero-order chi connectivity index (χ0) is 11.7. The van der Waals surface area contributed by atoms with Gasteiger partial charge in [-0.25, -0.2) is 0 Å². The summed E-state index contributed by atoms with van der Waals surface area (Å²) in [6.45, 7) is 6.86. The van der Waals surface area contributed by atoms with E-state index in [1.54, 1.807) is 20.8 Å². The van der Waals surface area contributed by atoms with Crippen LogP contribution in [0.5, 0.6) is 0 Å². The minimum atomic E-state index is -1.14. The van der Waals surface area contributed by atoms with Crippen LogP contribution in [0.2, 0.25) is 0 Å². The fourth-order valence-electron chi connectivity index (χ4n) is 1.60. The van der Waals surface area contributed by atoms with Gasteiger partial charge in [-0.1, -0.05) is 37.3 Å². The third-order valence-electron chi connectivity index (χ3n) is 3.38. The molecule has 2 N–H and O–H groups in total. The highest BCUT2D eigenvalue weighted by Gasteiger charge is 2.42. The standard InChI is InChI=1S/C13H20O2/c1-10(11-8-6-5-7-9-11)13(4,15)12(2,3)14/h5-10,14-15H,1-4H3. The fraction of sp³-hybridized carbons (Fsp3) is 0.538. The summed E-state index contributed by atoms with van der Waals surface area (Å²) in [5, 5.41) is 20.3. The molecular weight excluding hydrogens is 188 g/mol. The molecule has 0 aliphatic carbocycles. The lowest BCUT2D eigenvalue weighted by molar-refractivity contribution is -0.131. The van der Waals surface area contributed by atoms with Crippen LogP contribution in [0.4, 0.5) is 0 Å². The maximum Gasteiger partial charge on any atom is 0.0965 e. The molecular formula is C13H20O2. The molecule has 2 heteroatoms. The third kappa shape index (κ3) is 2.39. The molecule has 1 aromatic carbocycles. The van der Waals surface area contributed by atoms with E-state index in [9.17, 15) is 10.2 Å².